The highest BCUT2D eigenvalue weighted by Crippen LogP contribution is 2.28. The quantitative estimate of drug-likeness (QED) is 0.873. The molecule has 5 nitrogen and oxygen atoms in total. The topological polar surface area (TPSA) is 59.1 Å². The van der Waals surface area contributed by atoms with Gasteiger partial charge in [-0.15, -0.1) is 0 Å². The second kappa shape index (κ2) is 5.64. The van der Waals surface area contributed by atoms with Gasteiger partial charge in [0.15, 0.2) is 0 Å². The van der Waals surface area contributed by atoms with Crippen LogP contribution >= 0.6 is 15.9 Å². The first-order valence-electron chi connectivity index (χ1n) is 5.78. The molecule has 1 aliphatic carbocycles. The molecule has 1 heterocycles. The van der Waals surface area contributed by atoms with Crippen molar-refractivity contribution in [3.8, 4) is 0 Å². The zero-order valence-electron chi connectivity index (χ0n) is 10.0. The van der Waals surface area contributed by atoms with E-state index in [1.54, 1.807) is 13.3 Å². The van der Waals surface area contributed by atoms with Crippen molar-refractivity contribution in [2.24, 2.45) is 0 Å². The molecule has 0 unspecified atom stereocenters. The van der Waals surface area contributed by atoms with E-state index in [1.807, 2.05) is 6.92 Å². The molecular formula is C11H17BrN4O. The van der Waals surface area contributed by atoms with Crippen LogP contribution in [0.1, 0.15) is 19.8 Å². The van der Waals surface area contributed by atoms with Crippen molar-refractivity contribution >= 4 is 27.7 Å². The molecule has 2 rings (SSSR count). The van der Waals surface area contributed by atoms with Crippen molar-refractivity contribution in [1.29, 1.82) is 0 Å². The maximum atomic E-state index is 5.25. The van der Waals surface area contributed by atoms with Gasteiger partial charge in [-0.1, -0.05) is 0 Å². The monoisotopic (exact) mass is 300 g/mol. The number of anilines is 2. The Hall–Kier alpha value is -0.880. The van der Waals surface area contributed by atoms with E-state index in [4.69, 9.17) is 4.74 Å². The molecule has 17 heavy (non-hydrogen) atoms. The van der Waals surface area contributed by atoms with E-state index in [2.05, 4.69) is 36.5 Å². The fourth-order valence-corrected chi connectivity index (χ4v) is 2.09. The van der Waals surface area contributed by atoms with Gasteiger partial charge in [0.2, 0.25) is 5.95 Å². The predicted molar refractivity (Wildman–Crippen MR) is 71.3 cm³/mol. The van der Waals surface area contributed by atoms with Crippen LogP contribution in [0.5, 0.6) is 0 Å². The van der Waals surface area contributed by atoms with Crippen LogP contribution in [0.3, 0.4) is 0 Å². The SMILES string of the molecule is CCNc1ncc(Br)c(NC2CC(OC)C2)n1. The van der Waals surface area contributed by atoms with Crippen LogP contribution in [0.15, 0.2) is 10.7 Å². The van der Waals surface area contributed by atoms with E-state index in [9.17, 15) is 0 Å². The van der Waals surface area contributed by atoms with Crippen molar-refractivity contribution in [3.63, 3.8) is 0 Å². The van der Waals surface area contributed by atoms with Gasteiger partial charge in [-0.3, -0.25) is 0 Å². The molecule has 0 spiro atoms. The van der Waals surface area contributed by atoms with Crippen molar-refractivity contribution in [3.05, 3.63) is 10.7 Å². The molecule has 0 bridgehead atoms. The number of hydrogen-bond donors (Lipinski definition) is 2. The first-order valence-corrected chi connectivity index (χ1v) is 6.58. The fourth-order valence-electron chi connectivity index (χ4n) is 1.78. The molecule has 2 N–H and O–H groups in total. The first-order chi connectivity index (χ1) is 8.22. The van der Waals surface area contributed by atoms with E-state index in [-0.39, 0.29) is 0 Å². The van der Waals surface area contributed by atoms with Gasteiger partial charge in [-0.05, 0) is 35.7 Å². The minimum absolute atomic E-state index is 0.390. The van der Waals surface area contributed by atoms with Gasteiger partial charge >= 0.3 is 0 Å². The molecule has 94 valence electrons. The number of halogens is 1. The number of hydrogen-bond acceptors (Lipinski definition) is 5. The van der Waals surface area contributed by atoms with Crippen molar-refractivity contribution < 1.29 is 4.74 Å². The Labute approximate surface area is 110 Å². The minimum Gasteiger partial charge on any atom is -0.381 e. The van der Waals surface area contributed by atoms with Gasteiger partial charge in [0, 0.05) is 25.9 Å². The van der Waals surface area contributed by atoms with Crippen molar-refractivity contribution in [2.75, 3.05) is 24.3 Å². The summed E-state index contributed by atoms with van der Waals surface area (Å²) in [5, 5.41) is 6.49. The summed E-state index contributed by atoms with van der Waals surface area (Å²) in [6.07, 6.45) is 4.22. The summed E-state index contributed by atoms with van der Waals surface area (Å²) in [4.78, 5) is 8.59. The molecular weight excluding hydrogens is 284 g/mol. The molecule has 6 heteroatoms. The summed E-state index contributed by atoms with van der Waals surface area (Å²) in [7, 11) is 1.75. The predicted octanol–water partition coefficient (Wildman–Crippen LogP) is 2.26. The normalized spacial score (nSPS) is 23.0. The molecule has 0 amide bonds. The third-order valence-electron chi connectivity index (χ3n) is 2.85. The third kappa shape index (κ3) is 3.07. The summed E-state index contributed by atoms with van der Waals surface area (Å²) >= 11 is 3.45. The smallest absolute Gasteiger partial charge is 0.224 e. The third-order valence-corrected chi connectivity index (χ3v) is 3.43. The Morgan fingerprint density at radius 3 is 2.94 bits per heavy atom. The van der Waals surface area contributed by atoms with E-state index < -0.39 is 0 Å². The number of aromatic nitrogens is 2. The minimum atomic E-state index is 0.390. The highest BCUT2D eigenvalue weighted by Gasteiger charge is 2.29. The van der Waals surface area contributed by atoms with Crippen LogP contribution in [0.4, 0.5) is 11.8 Å². The lowest BCUT2D eigenvalue weighted by Gasteiger charge is -2.35. The number of nitrogens with zero attached hydrogens (tertiary/aromatic N) is 2. The Balaban J connectivity index is 1.97. The largest absolute Gasteiger partial charge is 0.381 e. The molecule has 0 atom stereocenters. The maximum absolute atomic E-state index is 5.25. The summed E-state index contributed by atoms with van der Waals surface area (Å²) < 4.78 is 6.14. The molecule has 1 saturated carbocycles. The molecule has 0 aromatic carbocycles. The van der Waals surface area contributed by atoms with Gasteiger partial charge < -0.3 is 15.4 Å². The van der Waals surface area contributed by atoms with E-state index >= 15 is 0 Å². The number of ether oxygens (including phenoxy) is 1. The van der Waals surface area contributed by atoms with Gasteiger partial charge in [0.1, 0.15) is 5.82 Å². The van der Waals surface area contributed by atoms with Crippen LogP contribution < -0.4 is 10.6 Å². The first kappa shape index (κ1) is 12.6. The van der Waals surface area contributed by atoms with Gasteiger partial charge in [-0.25, -0.2) is 4.98 Å². The molecule has 0 saturated heterocycles. The second-order valence-corrected chi connectivity index (χ2v) is 4.95. The second-order valence-electron chi connectivity index (χ2n) is 4.09. The number of rotatable bonds is 5. The van der Waals surface area contributed by atoms with Crippen LogP contribution in [0.2, 0.25) is 0 Å². The number of nitrogens with one attached hydrogen (secondary N) is 2. The molecule has 0 radical (unpaired) electrons. The molecule has 1 fully saturated rings. The van der Waals surface area contributed by atoms with E-state index in [0.717, 1.165) is 29.7 Å². The van der Waals surface area contributed by atoms with Crippen LogP contribution in [-0.4, -0.2) is 35.8 Å². The molecule has 1 aromatic rings. The summed E-state index contributed by atoms with van der Waals surface area (Å²) in [6, 6.07) is 0.445. The van der Waals surface area contributed by atoms with Gasteiger partial charge in [-0.2, -0.15) is 4.98 Å². The maximum Gasteiger partial charge on any atom is 0.224 e. The van der Waals surface area contributed by atoms with E-state index in [1.165, 1.54) is 0 Å². The number of methoxy groups -OCH3 is 1. The summed E-state index contributed by atoms with van der Waals surface area (Å²) in [6.45, 7) is 2.84. The molecule has 1 aromatic heterocycles. The lowest BCUT2D eigenvalue weighted by Crippen LogP contribution is -2.40. The van der Waals surface area contributed by atoms with Gasteiger partial charge in [0.25, 0.3) is 0 Å². The average molecular weight is 301 g/mol. The highest BCUT2D eigenvalue weighted by atomic mass is 79.9. The zero-order chi connectivity index (χ0) is 12.3. The molecule has 0 aliphatic heterocycles. The average Bonchev–Trinajstić information content (AvgIpc) is 2.27. The summed E-state index contributed by atoms with van der Waals surface area (Å²) in [5.74, 6) is 1.50. The highest BCUT2D eigenvalue weighted by molar-refractivity contribution is 9.10. The zero-order valence-corrected chi connectivity index (χ0v) is 11.6. The van der Waals surface area contributed by atoms with Gasteiger partial charge in [0.05, 0.1) is 10.6 Å². The lowest BCUT2D eigenvalue weighted by molar-refractivity contribution is 0.0328. The lowest BCUT2D eigenvalue weighted by atomic mass is 9.89. The standard InChI is InChI=1S/C11H17BrN4O/c1-3-13-11-14-6-9(12)10(16-11)15-7-4-8(5-7)17-2/h6-8H,3-5H2,1-2H3,(H2,13,14,15,16). The van der Waals surface area contributed by atoms with E-state index in [0.29, 0.717) is 18.1 Å². The van der Waals surface area contributed by atoms with Crippen LogP contribution in [0, 0.1) is 0 Å². The Bertz CT molecular complexity index is 382. The molecule has 1 aliphatic rings. The fraction of sp³-hybridized carbons (Fsp3) is 0.636. The Morgan fingerprint density at radius 1 is 1.53 bits per heavy atom. The Kier molecular flexibility index (Phi) is 4.17. The Morgan fingerprint density at radius 2 is 2.29 bits per heavy atom. The van der Waals surface area contributed by atoms with Crippen molar-refractivity contribution in [1.82, 2.24) is 9.97 Å². The van der Waals surface area contributed by atoms with Crippen LogP contribution in [-0.2, 0) is 4.74 Å². The van der Waals surface area contributed by atoms with Crippen molar-refractivity contribution in [2.45, 2.75) is 31.9 Å². The van der Waals surface area contributed by atoms with Crippen LogP contribution in [0.25, 0.3) is 0 Å². The summed E-state index contributed by atoms with van der Waals surface area (Å²) in [5.41, 5.74) is 0.